The number of nitrogens with zero attached hydrogens (tertiary/aromatic N) is 2. The molecule has 1 aliphatic rings. The molecule has 82 valence electrons. The quantitative estimate of drug-likeness (QED) is 0.685. The second kappa shape index (κ2) is 5.86. The number of carbonyl (C=O) groups excluding carboxylic acids is 1. The van der Waals surface area contributed by atoms with Crippen molar-refractivity contribution in [3.8, 4) is 0 Å². The van der Waals surface area contributed by atoms with E-state index >= 15 is 0 Å². The summed E-state index contributed by atoms with van der Waals surface area (Å²) in [6, 6.07) is 0.0950. The third-order valence-electron chi connectivity index (χ3n) is 2.62. The highest BCUT2D eigenvalue weighted by Crippen LogP contribution is 1.98. The van der Waals surface area contributed by atoms with Crippen LogP contribution in [0.2, 0.25) is 0 Å². The Balaban J connectivity index is 2.20. The van der Waals surface area contributed by atoms with E-state index in [4.69, 9.17) is 0 Å². The van der Waals surface area contributed by atoms with Gasteiger partial charge in [-0.15, -0.1) is 0 Å². The van der Waals surface area contributed by atoms with E-state index in [0.717, 1.165) is 39.3 Å². The predicted molar refractivity (Wildman–Crippen MR) is 57.4 cm³/mol. The van der Waals surface area contributed by atoms with Crippen molar-refractivity contribution < 1.29 is 4.79 Å². The average molecular weight is 199 g/mol. The smallest absolute Gasteiger partial charge is 0.317 e. The van der Waals surface area contributed by atoms with Gasteiger partial charge in [0.15, 0.2) is 0 Å². The molecule has 0 saturated carbocycles. The Hall–Kier alpha value is -0.770. The normalized spacial score (nSPS) is 16.5. The van der Waals surface area contributed by atoms with Crippen molar-refractivity contribution >= 4 is 6.03 Å². The summed E-state index contributed by atoms with van der Waals surface area (Å²) in [5, 5.41) is 2.81. The Bertz CT molecular complexity index is 184. The Morgan fingerprint density at radius 1 is 1.43 bits per heavy atom. The van der Waals surface area contributed by atoms with Crippen LogP contribution in [0.5, 0.6) is 0 Å². The molecule has 0 aromatic carbocycles. The molecule has 1 rings (SSSR count). The Kier molecular flexibility index (Phi) is 4.73. The highest BCUT2D eigenvalue weighted by molar-refractivity contribution is 5.76. The lowest BCUT2D eigenvalue weighted by Gasteiger charge is -2.22. The summed E-state index contributed by atoms with van der Waals surface area (Å²) in [4.78, 5) is 15.5. The number of nitrogens with one attached hydrogen (secondary N) is 1. The molecule has 0 unspecified atom stereocenters. The van der Waals surface area contributed by atoms with E-state index in [-0.39, 0.29) is 6.03 Å². The first kappa shape index (κ1) is 11.3. The first-order chi connectivity index (χ1) is 6.77. The zero-order valence-electron chi connectivity index (χ0n) is 9.25. The van der Waals surface area contributed by atoms with Crippen LogP contribution in [0.3, 0.4) is 0 Å². The van der Waals surface area contributed by atoms with Crippen LogP contribution in [0.25, 0.3) is 0 Å². The molecule has 14 heavy (non-hydrogen) atoms. The fraction of sp³-hybridized carbons (Fsp3) is 0.900. The van der Waals surface area contributed by atoms with Crippen LogP contribution in [-0.2, 0) is 0 Å². The van der Waals surface area contributed by atoms with Gasteiger partial charge in [0.2, 0.25) is 0 Å². The van der Waals surface area contributed by atoms with Crippen LogP contribution in [0.1, 0.15) is 20.3 Å². The van der Waals surface area contributed by atoms with Gasteiger partial charge in [-0.3, -0.25) is 0 Å². The van der Waals surface area contributed by atoms with Crippen molar-refractivity contribution in [1.82, 2.24) is 15.1 Å². The van der Waals surface area contributed by atoms with Crippen LogP contribution in [-0.4, -0.2) is 55.1 Å². The van der Waals surface area contributed by atoms with Gasteiger partial charge in [-0.1, -0.05) is 13.8 Å². The van der Waals surface area contributed by atoms with Gasteiger partial charge in [0.25, 0.3) is 0 Å². The largest absolute Gasteiger partial charge is 0.336 e. The van der Waals surface area contributed by atoms with Crippen molar-refractivity contribution in [2.45, 2.75) is 20.3 Å². The molecule has 4 heteroatoms. The first-order valence-electron chi connectivity index (χ1n) is 5.53. The predicted octanol–water partition coefficient (Wildman–Crippen LogP) is 0.744. The van der Waals surface area contributed by atoms with E-state index < -0.39 is 0 Å². The first-order valence-corrected chi connectivity index (χ1v) is 5.53. The molecule has 1 aliphatic heterocycles. The van der Waals surface area contributed by atoms with Crippen molar-refractivity contribution in [2.24, 2.45) is 0 Å². The van der Waals surface area contributed by atoms with Gasteiger partial charge in [-0.05, 0) is 19.5 Å². The number of urea groups is 1. The summed E-state index contributed by atoms with van der Waals surface area (Å²) in [7, 11) is 0. The zero-order valence-corrected chi connectivity index (χ0v) is 9.25. The van der Waals surface area contributed by atoms with E-state index in [1.165, 1.54) is 6.42 Å². The molecule has 0 aromatic rings. The molecule has 1 saturated heterocycles. The van der Waals surface area contributed by atoms with Crippen LogP contribution in [0.4, 0.5) is 4.79 Å². The molecule has 0 aliphatic carbocycles. The summed E-state index contributed by atoms with van der Waals surface area (Å²) in [6.45, 7) is 10.1. The minimum Gasteiger partial charge on any atom is -0.336 e. The minimum atomic E-state index is 0.0950. The fourth-order valence-corrected chi connectivity index (χ4v) is 1.73. The van der Waals surface area contributed by atoms with Gasteiger partial charge in [0.05, 0.1) is 0 Å². The molecule has 1 fully saturated rings. The van der Waals surface area contributed by atoms with E-state index in [1.54, 1.807) is 0 Å². The lowest BCUT2D eigenvalue weighted by molar-refractivity contribution is 0.203. The van der Waals surface area contributed by atoms with Crippen molar-refractivity contribution in [3.63, 3.8) is 0 Å². The number of rotatable bonds is 6. The topological polar surface area (TPSA) is 35.6 Å². The number of hydrogen-bond acceptors (Lipinski definition) is 2. The highest BCUT2D eigenvalue weighted by atomic mass is 16.2. The summed E-state index contributed by atoms with van der Waals surface area (Å²) >= 11 is 0. The van der Waals surface area contributed by atoms with Crippen molar-refractivity contribution in [2.75, 3.05) is 39.3 Å². The average Bonchev–Trinajstić information content (AvgIpc) is 2.59. The van der Waals surface area contributed by atoms with Gasteiger partial charge in [-0.2, -0.15) is 0 Å². The second-order valence-corrected chi connectivity index (χ2v) is 3.65. The van der Waals surface area contributed by atoms with Gasteiger partial charge in [0.1, 0.15) is 0 Å². The number of carbonyl (C=O) groups is 1. The summed E-state index contributed by atoms with van der Waals surface area (Å²) < 4.78 is 0. The molecule has 0 radical (unpaired) electrons. The Labute approximate surface area is 86.2 Å². The molecule has 0 aromatic heterocycles. The monoisotopic (exact) mass is 199 g/mol. The highest BCUT2D eigenvalue weighted by Gasteiger charge is 2.19. The number of likely N-dealkylation sites (N-methyl/N-ethyl adjacent to an activating group) is 1. The lowest BCUT2D eigenvalue weighted by Crippen LogP contribution is -2.37. The maximum absolute atomic E-state index is 11.2. The molecular weight excluding hydrogens is 178 g/mol. The van der Waals surface area contributed by atoms with Crippen molar-refractivity contribution in [1.29, 1.82) is 0 Å². The fourth-order valence-electron chi connectivity index (χ4n) is 1.73. The summed E-state index contributed by atoms with van der Waals surface area (Å²) in [5.41, 5.74) is 0. The third kappa shape index (κ3) is 3.18. The van der Waals surface area contributed by atoms with Gasteiger partial charge >= 0.3 is 6.03 Å². The van der Waals surface area contributed by atoms with E-state index in [0.29, 0.717) is 0 Å². The lowest BCUT2D eigenvalue weighted by atomic mass is 10.4. The van der Waals surface area contributed by atoms with Gasteiger partial charge in [-0.25, -0.2) is 4.79 Å². The standard InChI is InChI=1S/C10H21N3O/c1-3-6-12(4-2)8-9-13-7-5-11-10(13)14/h3-9H2,1-2H3,(H,11,14). The van der Waals surface area contributed by atoms with Crippen LogP contribution < -0.4 is 5.32 Å². The summed E-state index contributed by atoms with van der Waals surface area (Å²) in [5.74, 6) is 0. The zero-order chi connectivity index (χ0) is 10.4. The summed E-state index contributed by atoms with van der Waals surface area (Å²) in [6.07, 6.45) is 1.18. The Morgan fingerprint density at radius 2 is 2.21 bits per heavy atom. The van der Waals surface area contributed by atoms with E-state index in [2.05, 4.69) is 24.1 Å². The molecule has 0 atom stereocenters. The molecule has 1 heterocycles. The minimum absolute atomic E-state index is 0.0950. The van der Waals surface area contributed by atoms with E-state index in [1.807, 2.05) is 4.90 Å². The van der Waals surface area contributed by atoms with Crippen molar-refractivity contribution in [3.05, 3.63) is 0 Å². The number of amides is 2. The van der Waals surface area contributed by atoms with E-state index in [9.17, 15) is 4.79 Å². The maximum Gasteiger partial charge on any atom is 0.317 e. The molecule has 4 nitrogen and oxygen atoms in total. The molecular formula is C10H21N3O. The van der Waals surface area contributed by atoms with Crippen LogP contribution in [0.15, 0.2) is 0 Å². The Morgan fingerprint density at radius 3 is 2.71 bits per heavy atom. The molecule has 2 amide bonds. The van der Waals surface area contributed by atoms with Gasteiger partial charge < -0.3 is 15.1 Å². The molecule has 0 bridgehead atoms. The van der Waals surface area contributed by atoms with Gasteiger partial charge in [0, 0.05) is 26.2 Å². The maximum atomic E-state index is 11.2. The number of hydrogen-bond donors (Lipinski definition) is 1. The second-order valence-electron chi connectivity index (χ2n) is 3.65. The SMILES string of the molecule is CCCN(CC)CCN1CCNC1=O. The van der Waals surface area contributed by atoms with Crippen LogP contribution in [0, 0.1) is 0 Å². The molecule has 1 N–H and O–H groups in total. The molecule has 0 spiro atoms. The van der Waals surface area contributed by atoms with Crippen LogP contribution >= 0.6 is 0 Å². The third-order valence-corrected chi connectivity index (χ3v) is 2.62.